The molecule has 0 saturated carbocycles. The molecular weight excluding hydrogens is 484 g/mol. The van der Waals surface area contributed by atoms with E-state index in [0.717, 1.165) is 0 Å². The van der Waals surface area contributed by atoms with Gasteiger partial charge < -0.3 is 8.83 Å². The van der Waals surface area contributed by atoms with Crippen molar-refractivity contribution in [1.29, 1.82) is 0 Å². The number of aryl methyl sites for hydroxylation is 4. The second-order valence-corrected chi connectivity index (χ2v) is 11.4. The Labute approximate surface area is 201 Å². The lowest BCUT2D eigenvalue weighted by Crippen LogP contribution is -2.29. The van der Waals surface area contributed by atoms with E-state index in [1.807, 2.05) is 0 Å². The van der Waals surface area contributed by atoms with E-state index in [2.05, 4.69) is 33.6 Å². The van der Waals surface area contributed by atoms with Crippen LogP contribution in [0.25, 0.3) is 0 Å². The molecular formula is C20H34N6O6S2. The molecule has 0 aliphatic rings. The van der Waals surface area contributed by atoms with Crippen molar-refractivity contribution in [3.63, 3.8) is 0 Å². The van der Waals surface area contributed by atoms with E-state index in [1.165, 1.54) is 0 Å². The molecule has 0 aliphatic heterocycles. The van der Waals surface area contributed by atoms with Crippen molar-refractivity contribution in [3.05, 3.63) is 48.9 Å². The van der Waals surface area contributed by atoms with Gasteiger partial charge in [0, 0.05) is 26.7 Å². The van der Waals surface area contributed by atoms with E-state index in [4.69, 9.17) is 19.1 Å². The van der Waals surface area contributed by atoms with Crippen molar-refractivity contribution >= 4 is 20.0 Å². The fraction of sp³-hybridized carbons (Fsp3) is 0.600. The smallest absolute Gasteiger partial charge is 0.216 e. The fourth-order valence-corrected chi connectivity index (χ4v) is 4.82. The van der Waals surface area contributed by atoms with E-state index in [-0.39, 0.29) is 0 Å². The number of allylic oxidation sites excluding steroid dienone is 2. The third kappa shape index (κ3) is 11.6. The van der Waals surface area contributed by atoms with Gasteiger partial charge in [0.2, 0.25) is 43.6 Å². The summed E-state index contributed by atoms with van der Waals surface area (Å²) >= 11 is 0. The average molecular weight is 519 g/mol. The molecule has 2 aromatic heterocycles. The Hall–Kier alpha value is -2.42. The molecule has 0 radical (unpaired) electrons. The van der Waals surface area contributed by atoms with Crippen LogP contribution in [0.4, 0.5) is 0 Å². The van der Waals surface area contributed by atoms with Crippen LogP contribution in [0.1, 0.15) is 62.1 Å². The molecule has 0 unspecified atom stereocenters. The Balaban J connectivity index is 0.000000340. The van der Waals surface area contributed by atoms with Gasteiger partial charge in [0.1, 0.15) is 0 Å². The van der Waals surface area contributed by atoms with Crippen LogP contribution >= 0.6 is 0 Å². The molecule has 12 nitrogen and oxygen atoms in total. The van der Waals surface area contributed by atoms with Crippen LogP contribution in [0.3, 0.4) is 0 Å². The van der Waals surface area contributed by atoms with Crippen LogP contribution in [0.15, 0.2) is 34.1 Å². The number of sulfonamides is 2. The molecule has 0 bridgehead atoms. The van der Waals surface area contributed by atoms with E-state index >= 15 is 0 Å². The van der Waals surface area contributed by atoms with Crippen molar-refractivity contribution in [1.82, 2.24) is 20.4 Å². The summed E-state index contributed by atoms with van der Waals surface area (Å²) in [6.45, 7) is 10.5. The fourth-order valence-electron chi connectivity index (χ4n) is 3.00. The summed E-state index contributed by atoms with van der Waals surface area (Å²) in [6.07, 6.45) is 7.11. The first-order chi connectivity index (χ1) is 15.9. The number of aromatic nitrogens is 4. The predicted octanol–water partition coefficient (Wildman–Crippen LogP) is 1.87. The van der Waals surface area contributed by atoms with Crippen molar-refractivity contribution in [2.45, 2.75) is 75.7 Å². The van der Waals surface area contributed by atoms with Gasteiger partial charge in [-0.05, 0) is 38.5 Å². The normalized spacial score (nSPS) is 13.5. The zero-order valence-corrected chi connectivity index (χ0v) is 21.2. The average Bonchev–Trinajstić information content (AvgIpc) is 3.34. The van der Waals surface area contributed by atoms with E-state index < -0.39 is 30.5 Å². The number of nitrogens with two attached hydrogens (primary N) is 2. The van der Waals surface area contributed by atoms with E-state index in [1.54, 1.807) is 26.0 Å². The zero-order chi connectivity index (χ0) is 25.8. The summed E-state index contributed by atoms with van der Waals surface area (Å²) in [4.78, 5) is 0. The molecule has 2 rings (SSSR count). The summed E-state index contributed by atoms with van der Waals surface area (Å²) in [7, 11) is -7.08. The maximum atomic E-state index is 11.3. The molecule has 2 atom stereocenters. The highest BCUT2D eigenvalue weighted by Crippen LogP contribution is 2.15. The largest absolute Gasteiger partial charge is 0.426 e. The summed E-state index contributed by atoms with van der Waals surface area (Å²) in [5, 5.41) is 24.1. The number of rotatable bonds is 14. The standard InChI is InChI=1S/2C10H17N3O3S/c2*1-3-4-5-9(17(11,14)15)6-7-10-13-12-8(2)16-10/h2*3,9H,1,4-7H2,2H3,(H2,11,14,15)/t2*9-/m10/s1. The lowest BCUT2D eigenvalue weighted by molar-refractivity contribution is 0.455. The third-order valence-electron chi connectivity index (χ3n) is 4.81. The van der Waals surface area contributed by atoms with Crippen LogP contribution in [0.5, 0.6) is 0 Å². The lowest BCUT2D eigenvalue weighted by Gasteiger charge is -2.12. The SMILES string of the molecule is C=CCC[C@@H](CCc1nnc(C)o1)S(N)(=O)=O.C=CCC[C@H](CCc1nnc(C)o1)S(N)(=O)=O. The second kappa shape index (κ2) is 14.1. The summed E-state index contributed by atoms with van der Waals surface area (Å²) in [6, 6.07) is 0. The Bertz CT molecular complexity index is 1020. The lowest BCUT2D eigenvalue weighted by atomic mass is 10.1. The van der Waals surface area contributed by atoms with E-state index in [9.17, 15) is 16.8 Å². The number of nitrogens with zero attached hydrogens (tertiary/aromatic N) is 4. The highest BCUT2D eigenvalue weighted by atomic mass is 32.2. The molecule has 192 valence electrons. The first-order valence-electron chi connectivity index (χ1n) is 10.7. The predicted molar refractivity (Wildman–Crippen MR) is 127 cm³/mol. The highest BCUT2D eigenvalue weighted by molar-refractivity contribution is 7.90. The molecule has 0 fully saturated rings. The molecule has 4 N–H and O–H groups in total. The summed E-state index contributed by atoms with van der Waals surface area (Å²) in [5.41, 5.74) is 0. The Morgan fingerprint density at radius 2 is 1.09 bits per heavy atom. The van der Waals surface area contributed by atoms with E-state index in [0.29, 0.717) is 74.9 Å². The van der Waals surface area contributed by atoms with Gasteiger partial charge in [-0.15, -0.1) is 33.6 Å². The third-order valence-corrected chi connectivity index (χ3v) is 7.61. The number of hydrogen-bond donors (Lipinski definition) is 2. The number of hydrogen-bond acceptors (Lipinski definition) is 10. The first kappa shape index (κ1) is 29.6. The van der Waals surface area contributed by atoms with Gasteiger partial charge in [0.25, 0.3) is 0 Å². The topological polar surface area (TPSA) is 198 Å². The minimum absolute atomic E-state index is 0.383. The minimum Gasteiger partial charge on any atom is -0.426 e. The van der Waals surface area contributed by atoms with Crippen molar-refractivity contribution in [3.8, 4) is 0 Å². The Kier molecular flexibility index (Phi) is 12.3. The maximum absolute atomic E-state index is 11.3. The maximum Gasteiger partial charge on any atom is 0.216 e. The van der Waals surface area contributed by atoms with Gasteiger partial charge in [-0.25, -0.2) is 27.1 Å². The molecule has 2 aromatic rings. The molecule has 34 heavy (non-hydrogen) atoms. The quantitative estimate of drug-likeness (QED) is 0.348. The summed E-state index contributed by atoms with van der Waals surface area (Å²) in [5.74, 6) is 1.82. The Morgan fingerprint density at radius 1 is 0.735 bits per heavy atom. The van der Waals surface area contributed by atoms with Crippen LogP contribution < -0.4 is 10.3 Å². The highest BCUT2D eigenvalue weighted by Gasteiger charge is 2.22. The van der Waals surface area contributed by atoms with Gasteiger partial charge >= 0.3 is 0 Å². The second-order valence-electron chi connectivity index (χ2n) is 7.66. The molecule has 14 heteroatoms. The van der Waals surface area contributed by atoms with Crippen molar-refractivity contribution < 1.29 is 25.7 Å². The first-order valence-corrected chi connectivity index (χ1v) is 13.9. The van der Waals surface area contributed by atoms with Gasteiger partial charge in [0.15, 0.2) is 0 Å². The van der Waals surface area contributed by atoms with Gasteiger partial charge in [-0.3, -0.25) is 0 Å². The van der Waals surface area contributed by atoms with Crippen LogP contribution in [0, 0.1) is 13.8 Å². The van der Waals surface area contributed by atoms with Crippen molar-refractivity contribution in [2.75, 3.05) is 0 Å². The van der Waals surface area contributed by atoms with Crippen molar-refractivity contribution in [2.24, 2.45) is 10.3 Å². The van der Waals surface area contributed by atoms with Gasteiger partial charge in [-0.1, -0.05) is 12.2 Å². The molecule has 0 spiro atoms. The molecule has 0 amide bonds. The van der Waals surface area contributed by atoms with Crippen LogP contribution in [-0.4, -0.2) is 47.7 Å². The van der Waals surface area contributed by atoms with Gasteiger partial charge in [0.05, 0.1) is 10.5 Å². The minimum atomic E-state index is -3.54. The molecule has 0 aromatic carbocycles. The monoisotopic (exact) mass is 518 g/mol. The zero-order valence-electron chi connectivity index (χ0n) is 19.6. The molecule has 2 heterocycles. The Morgan fingerprint density at radius 3 is 1.32 bits per heavy atom. The summed E-state index contributed by atoms with van der Waals surface area (Å²) < 4.78 is 55.7. The molecule has 0 saturated heterocycles. The van der Waals surface area contributed by atoms with Crippen LogP contribution in [0.2, 0.25) is 0 Å². The molecule has 0 aliphatic carbocycles. The number of primary sulfonamides is 2. The van der Waals surface area contributed by atoms with Crippen LogP contribution in [-0.2, 0) is 32.9 Å². The van der Waals surface area contributed by atoms with Gasteiger partial charge in [-0.2, -0.15) is 0 Å².